The van der Waals surface area contributed by atoms with E-state index in [1.165, 1.54) is 25.1 Å². The predicted molar refractivity (Wildman–Crippen MR) is 71.1 cm³/mol. The maximum atomic E-state index is 12.3. The Morgan fingerprint density at radius 2 is 2.05 bits per heavy atom. The van der Waals surface area contributed by atoms with Crippen LogP contribution < -0.4 is 5.32 Å². The molecule has 1 aromatic heterocycles. The maximum absolute atomic E-state index is 12.3. The Labute approximate surface area is 113 Å². The van der Waals surface area contributed by atoms with Gasteiger partial charge in [-0.2, -0.15) is 9.40 Å². The van der Waals surface area contributed by atoms with Gasteiger partial charge in [0.1, 0.15) is 0 Å². The van der Waals surface area contributed by atoms with E-state index in [1.54, 1.807) is 4.31 Å². The quantitative estimate of drug-likeness (QED) is 0.850. The molecule has 1 atom stereocenters. The lowest BCUT2D eigenvalue weighted by molar-refractivity contribution is 0.233. The highest BCUT2D eigenvalue weighted by atomic mass is 32.2. The Hall–Kier alpha value is -0.920. The molecule has 2 aliphatic heterocycles. The summed E-state index contributed by atoms with van der Waals surface area (Å²) in [6, 6.07) is 2.11. The molecule has 0 aliphatic carbocycles. The van der Waals surface area contributed by atoms with E-state index < -0.39 is 10.0 Å². The van der Waals surface area contributed by atoms with Gasteiger partial charge in [-0.15, -0.1) is 0 Å². The molecule has 0 aromatic carbocycles. The molecule has 3 rings (SSSR count). The van der Waals surface area contributed by atoms with Crippen molar-refractivity contribution in [2.24, 2.45) is 5.92 Å². The first-order valence-corrected chi connectivity index (χ1v) is 8.35. The van der Waals surface area contributed by atoms with Gasteiger partial charge in [0.2, 0.25) is 0 Å². The van der Waals surface area contributed by atoms with Gasteiger partial charge in [0.05, 0.1) is 6.20 Å². The molecule has 1 unspecified atom stereocenters. The first-order valence-electron chi connectivity index (χ1n) is 6.91. The summed E-state index contributed by atoms with van der Waals surface area (Å²) in [7, 11) is -3.37. The van der Waals surface area contributed by atoms with Crippen LogP contribution in [0.5, 0.6) is 0 Å². The molecule has 19 heavy (non-hydrogen) atoms. The number of hydrogen-bond donors (Lipinski definition) is 2. The van der Waals surface area contributed by atoms with Crippen molar-refractivity contribution in [2.45, 2.75) is 36.8 Å². The highest BCUT2D eigenvalue weighted by Gasteiger charge is 2.33. The second-order valence-electron chi connectivity index (χ2n) is 5.37. The second-order valence-corrected chi connectivity index (χ2v) is 7.27. The fraction of sp³-hybridized carbons (Fsp3) is 0.750. The van der Waals surface area contributed by atoms with Crippen LogP contribution in [0.15, 0.2) is 17.3 Å². The number of aromatic nitrogens is 2. The van der Waals surface area contributed by atoms with Crippen molar-refractivity contribution in [3.8, 4) is 0 Å². The summed E-state index contributed by atoms with van der Waals surface area (Å²) in [6.45, 7) is 2.34. The molecular weight excluding hydrogens is 264 g/mol. The van der Waals surface area contributed by atoms with Gasteiger partial charge in [0.15, 0.2) is 5.03 Å². The summed E-state index contributed by atoms with van der Waals surface area (Å²) in [4.78, 5) is 0. The number of H-pyrrole nitrogens is 1. The highest BCUT2D eigenvalue weighted by Crippen LogP contribution is 2.28. The Morgan fingerprint density at radius 3 is 2.63 bits per heavy atom. The molecule has 2 aliphatic rings. The van der Waals surface area contributed by atoms with Crippen molar-refractivity contribution in [2.75, 3.05) is 19.6 Å². The van der Waals surface area contributed by atoms with E-state index in [2.05, 4.69) is 15.5 Å². The van der Waals surface area contributed by atoms with E-state index in [0.717, 1.165) is 19.4 Å². The number of nitrogens with one attached hydrogen (secondary N) is 2. The van der Waals surface area contributed by atoms with Crippen LogP contribution in [0.3, 0.4) is 0 Å². The van der Waals surface area contributed by atoms with E-state index in [-0.39, 0.29) is 5.03 Å². The number of rotatable bonds is 3. The molecule has 2 N–H and O–H groups in total. The zero-order chi connectivity index (χ0) is 13.3. The zero-order valence-electron chi connectivity index (χ0n) is 10.9. The number of aromatic amines is 1. The van der Waals surface area contributed by atoms with E-state index in [0.29, 0.717) is 25.0 Å². The standard InChI is InChI=1S/C12H20N4O2S/c17-19(18,12-3-7-14-15-12)16-8-4-10(5-9-16)11-2-1-6-13-11/h3,7,10-11,13H,1-2,4-6,8-9H2,(H,14,15). The number of sulfonamides is 1. The van der Waals surface area contributed by atoms with Crippen molar-refractivity contribution >= 4 is 10.0 Å². The van der Waals surface area contributed by atoms with E-state index in [4.69, 9.17) is 0 Å². The fourth-order valence-corrected chi connectivity index (χ4v) is 4.53. The summed E-state index contributed by atoms with van der Waals surface area (Å²) in [6.07, 6.45) is 5.85. The Morgan fingerprint density at radius 1 is 1.26 bits per heavy atom. The van der Waals surface area contributed by atoms with Crippen molar-refractivity contribution in [1.29, 1.82) is 0 Å². The second kappa shape index (κ2) is 5.22. The molecule has 0 bridgehead atoms. The summed E-state index contributed by atoms with van der Waals surface area (Å²) in [5.74, 6) is 0.621. The number of piperidine rings is 1. The lowest BCUT2D eigenvalue weighted by Gasteiger charge is -2.33. The smallest absolute Gasteiger partial charge is 0.259 e. The lowest BCUT2D eigenvalue weighted by Crippen LogP contribution is -2.43. The van der Waals surface area contributed by atoms with Crippen molar-refractivity contribution in [1.82, 2.24) is 19.8 Å². The third-order valence-corrected chi connectivity index (χ3v) is 6.09. The van der Waals surface area contributed by atoms with Crippen LogP contribution in [0, 0.1) is 5.92 Å². The lowest BCUT2D eigenvalue weighted by atomic mass is 9.89. The summed E-state index contributed by atoms with van der Waals surface area (Å²) >= 11 is 0. The topological polar surface area (TPSA) is 78.1 Å². The van der Waals surface area contributed by atoms with Crippen LogP contribution in [0.2, 0.25) is 0 Å². The summed E-state index contributed by atoms with van der Waals surface area (Å²) in [5, 5.41) is 9.99. The molecule has 3 heterocycles. The minimum Gasteiger partial charge on any atom is -0.314 e. The average Bonchev–Trinajstić information content (AvgIpc) is 3.12. The normalized spacial score (nSPS) is 26.8. The maximum Gasteiger partial charge on any atom is 0.259 e. The molecule has 106 valence electrons. The van der Waals surface area contributed by atoms with Crippen LogP contribution in [0.25, 0.3) is 0 Å². The van der Waals surface area contributed by atoms with Crippen LogP contribution >= 0.6 is 0 Å². The van der Waals surface area contributed by atoms with Gasteiger partial charge in [-0.3, -0.25) is 5.10 Å². The zero-order valence-corrected chi connectivity index (χ0v) is 11.7. The van der Waals surface area contributed by atoms with Crippen molar-refractivity contribution < 1.29 is 8.42 Å². The first kappa shape index (κ1) is 13.1. The largest absolute Gasteiger partial charge is 0.314 e. The number of hydrogen-bond acceptors (Lipinski definition) is 4. The van der Waals surface area contributed by atoms with Gasteiger partial charge in [-0.25, -0.2) is 8.42 Å². The van der Waals surface area contributed by atoms with Gasteiger partial charge < -0.3 is 5.32 Å². The fourth-order valence-electron chi connectivity index (χ4n) is 3.16. The molecule has 6 nitrogen and oxygen atoms in total. The molecule has 2 saturated heterocycles. The predicted octanol–water partition coefficient (Wildman–Crippen LogP) is 0.562. The molecule has 2 fully saturated rings. The Bertz CT molecular complexity index is 500. The van der Waals surface area contributed by atoms with Gasteiger partial charge in [-0.1, -0.05) is 0 Å². The minimum absolute atomic E-state index is 0.199. The summed E-state index contributed by atoms with van der Waals surface area (Å²) < 4.78 is 26.2. The van der Waals surface area contributed by atoms with Crippen LogP contribution in [0.4, 0.5) is 0 Å². The van der Waals surface area contributed by atoms with Crippen LogP contribution in [-0.2, 0) is 10.0 Å². The van der Waals surface area contributed by atoms with Crippen molar-refractivity contribution in [3.63, 3.8) is 0 Å². The van der Waals surface area contributed by atoms with Crippen molar-refractivity contribution in [3.05, 3.63) is 12.3 Å². The number of nitrogens with zero attached hydrogens (tertiary/aromatic N) is 2. The van der Waals surface area contributed by atoms with E-state index in [1.807, 2.05) is 0 Å². The Balaban J connectivity index is 1.64. The third kappa shape index (κ3) is 2.54. The van der Waals surface area contributed by atoms with E-state index in [9.17, 15) is 8.42 Å². The molecule has 0 radical (unpaired) electrons. The summed E-state index contributed by atoms with van der Waals surface area (Å²) in [5.41, 5.74) is 0. The van der Waals surface area contributed by atoms with Crippen LogP contribution in [-0.4, -0.2) is 48.6 Å². The molecule has 0 saturated carbocycles. The van der Waals surface area contributed by atoms with Gasteiger partial charge in [0.25, 0.3) is 10.0 Å². The molecule has 1 aromatic rings. The first-order chi connectivity index (χ1) is 9.18. The van der Waals surface area contributed by atoms with Gasteiger partial charge >= 0.3 is 0 Å². The third-order valence-electron chi connectivity index (χ3n) is 4.26. The molecule has 7 heteroatoms. The highest BCUT2D eigenvalue weighted by molar-refractivity contribution is 7.89. The molecule has 0 spiro atoms. The molecule has 0 amide bonds. The monoisotopic (exact) mass is 284 g/mol. The average molecular weight is 284 g/mol. The minimum atomic E-state index is -3.37. The van der Waals surface area contributed by atoms with E-state index >= 15 is 0 Å². The van der Waals surface area contributed by atoms with Gasteiger partial charge in [-0.05, 0) is 44.2 Å². The molecular formula is C12H20N4O2S. The van der Waals surface area contributed by atoms with Crippen LogP contribution in [0.1, 0.15) is 25.7 Å². The SMILES string of the molecule is O=S(=O)(c1ccn[nH]1)N1CCC(C2CCCN2)CC1. The van der Waals surface area contributed by atoms with Gasteiger partial charge in [0, 0.05) is 19.1 Å². The Kier molecular flexibility index (Phi) is 3.60.